The van der Waals surface area contributed by atoms with Crippen LogP contribution in [-0.4, -0.2) is 6.29 Å². The van der Waals surface area contributed by atoms with Gasteiger partial charge in [-0.1, -0.05) is 49.3 Å². The van der Waals surface area contributed by atoms with E-state index in [1.54, 1.807) is 0 Å². The maximum Gasteiger partial charge on any atom is 0.146 e. The summed E-state index contributed by atoms with van der Waals surface area (Å²) < 4.78 is 0. The zero-order valence-corrected chi connectivity index (χ0v) is 15.3. The molecule has 0 heterocycles. The summed E-state index contributed by atoms with van der Waals surface area (Å²) in [5.41, 5.74) is 8.02. The van der Waals surface area contributed by atoms with Crippen molar-refractivity contribution < 1.29 is 4.79 Å². The number of carbonyl (C=O) groups is 1. The minimum Gasteiger partial charge on any atom is -0.298 e. The van der Waals surface area contributed by atoms with Gasteiger partial charge < -0.3 is 0 Å². The Morgan fingerprint density at radius 3 is 2.48 bits per heavy atom. The molecule has 0 saturated carbocycles. The molecular formula is C22H30O. The van der Waals surface area contributed by atoms with E-state index in [1.807, 2.05) is 0 Å². The van der Waals surface area contributed by atoms with E-state index in [0.717, 1.165) is 24.7 Å². The zero-order valence-electron chi connectivity index (χ0n) is 15.3. The molecule has 0 radical (unpaired) electrons. The Bertz CT molecular complexity index is 633. The smallest absolute Gasteiger partial charge is 0.146 e. The molecule has 0 fully saturated rings. The van der Waals surface area contributed by atoms with Gasteiger partial charge in [0.15, 0.2) is 0 Å². The topological polar surface area (TPSA) is 17.1 Å². The van der Waals surface area contributed by atoms with Crippen LogP contribution in [0.5, 0.6) is 0 Å². The van der Waals surface area contributed by atoms with Crippen LogP contribution in [0.25, 0.3) is 0 Å². The normalized spacial score (nSPS) is 24.2. The summed E-state index contributed by atoms with van der Waals surface area (Å²) in [5, 5.41) is 0. The fourth-order valence-electron chi connectivity index (χ4n) is 3.72. The van der Waals surface area contributed by atoms with Crippen LogP contribution in [0.15, 0.2) is 57.7 Å². The highest BCUT2D eigenvalue weighted by Gasteiger charge is 2.26. The average Bonchev–Trinajstić information content (AvgIpc) is 2.84. The average molecular weight is 310 g/mol. The van der Waals surface area contributed by atoms with Crippen LogP contribution in [0, 0.1) is 5.41 Å². The van der Waals surface area contributed by atoms with Gasteiger partial charge in [-0.15, -0.1) is 0 Å². The molecule has 2 rings (SSSR count). The minimum atomic E-state index is 0.293. The maximum absolute atomic E-state index is 11.0. The lowest BCUT2D eigenvalue weighted by atomic mass is 9.72. The SMILES string of the molecule is CC1=C(/C=C/C(C)=C/C=C2\CCC(C=O)=C2C)C(C)(C)CCC1. The van der Waals surface area contributed by atoms with Crippen LogP contribution >= 0.6 is 0 Å². The van der Waals surface area contributed by atoms with Crippen LogP contribution < -0.4 is 0 Å². The van der Waals surface area contributed by atoms with Crippen molar-refractivity contribution in [3.05, 3.63) is 57.7 Å². The van der Waals surface area contributed by atoms with Gasteiger partial charge in [0.2, 0.25) is 0 Å². The van der Waals surface area contributed by atoms with Crippen molar-refractivity contribution in [3.8, 4) is 0 Å². The molecule has 1 heteroatoms. The van der Waals surface area contributed by atoms with E-state index in [9.17, 15) is 4.79 Å². The van der Waals surface area contributed by atoms with Crippen molar-refractivity contribution in [2.75, 3.05) is 0 Å². The highest BCUT2D eigenvalue weighted by molar-refractivity contribution is 5.78. The highest BCUT2D eigenvalue weighted by atomic mass is 16.1. The third kappa shape index (κ3) is 4.22. The lowest BCUT2D eigenvalue weighted by molar-refractivity contribution is -0.105. The summed E-state index contributed by atoms with van der Waals surface area (Å²) in [7, 11) is 0. The van der Waals surface area contributed by atoms with Crippen LogP contribution in [-0.2, 0) is 4.79 Å². The second kappa shape index (κ2) is 7.29. The molecule has 0 atom stereocenters. The lowest BCUT2D eigenvalue weighted by Gasteiger charge is -2.32. The van der Waals surface area contributed by atoms with Crippen molar-refractivity contribution in [1.82, 2.24) is 0 Å². The van der Waals surface area contributed by atoms with Crippen LogP contribution in [0.2, 0.25) is 0 Å². The van der Waals surface area contributed by atoms with Crippen LogP contribution in [0.3, 0.4) is 0 Å². The predicted molar refractivity (Wildman–Crippen MR) is 99.3 cm³/mol. The quantitative estimate of drug-likeness (QED) is 0.443. The first kappa shape index (κ1) is 17.7. The molecule has 2 aliphatic carbocycles. The molecule has 0 aliphatic heterocycles. The van der Waals surface area contributed by atoms with Crippen LogP contribution in [0.1, 0.15) is 66.7 Å². The van der Waals surface area contributed by atoms with Gasteiger partial charge in [0.05, 0.1) is 0 Å². The van der Waals surface area contributed by atoms with E-state index in [2.05, 4.69) is 58.9 Å². The van der Waals surface area contributed by atoms with E-state index in [1.165, 1.54) is 47.1 Å². The number of allylic oxidation sites excluding steroid dienone is 10. The molecule has 0 unspecified atom stereocenters. The summed E-state index contributed by atoms with van der Waals surface area (Å²) in [6, 6.07) is 0. The van der Waals surface area contributed by atoms with Gasteiger partial charge in [0, 0.05) is 0 Å². The Labute approximate surface area is 141 Å². The maximum atomic E-state index is 11.0. The second-order valence-electron chi connectivity index (χ2n) is 7.64. The molecule has 0 spiro atoms. The monoisotopic (exact) mass is 310 g/mol. The van der Waals surface area contributed by atoms with Gasteiger partial charge >= 0.3 is 0 Å². The van der Waals surface area contributed by atoms with Gasteiger partial charge in [0.1, 0.15) is 6.29 Å². The van der Waals surface area contributed by atoms with Gasteiger partial charge in [-0.3, -0.25) is 4.79 Å². The third-order valence-corrected chi connectivity index (χ3v) is 5.37. The van der Waals surface area contributed by atoms with Crippen molar-refractivity contribution in [2.24, 2.45) is 5.41 Å². The Hall–Kier alpha value is -1.63. The molecule has 0 amide bonds. The van der Waals surface area contributed by atoms with Crippen molar-refractivity contribution >= 4 is 6.29 Å². The Balaban J connectivity index is 2.14. The number of hydrogen-bond donors (Lipinski definition) is 0. The Morgan fingerprint density at radius 2 is 1.87 bits per heavy atom. The van der Waals surface area contributed by atoms with Crippen molar-refractivity contribution in [1.29, 1.82) is 0 Å². The number of hydrogen-bond acceptors (Lipinski definition) is 1. The molecule has 2 aliphatic rings. The first-order valence-electron chi connectivity index (χ1n) is 8.76. The summed E-state index contributed by atoms with van der Waals surface area (Å²) in [6.45, 7) is 11.2. The highest BCUT2D eigenvalue weighted by Crippen LogP contribution is 2.40. The number of rotatable bonds is 4. The number of carbonyl (C=O) groups excluding carboxylic acids is 1. The van der Waals surface area contributed by atoms with Crippen molar-refractivity contribution in [3.63, 3.8) is 0 Å². The summed E-state index contributed by atoms with van der Waals surface area (Å²) in [5.74, 6) is 0. The van der Waals surface area contributed by atoms with Gasteiger partial charge in [-0.25, -0.2) is 0 Å². The summed E-state index contributed by atoms with van der Waals surface area (Å²) in [4.78, 5) is 11.0. The van der Waals surface area contributed by atoms with Gasteiger partial charge in [0.25, 0.3) is 0 Å². The van der Waals surface area contributed by atoms with E-state index in [4.69, 9.17) is 0 Å². The first-order valence-corrected chi connectivity index (χ1v) is 8.76. The molecule has 0 bridgehead atoms. The van der Waals surface area contributed by atoms with E-state index >= 15 is 0 Å². The van der Waals surface area contributed by atoms with E-state index < -0.39 is 0 Å². The third-order valence-electron chi connectivity index (χ3n) is 5.37. The molecular weight excluding hydrogens is 280 g/mol. The molecule has 0 saturated heterocycles. The number of aldehydes is 1. The molecule has 1 nitrogen and oxygen atoms in total. The molecule has 124 valence electrons. The van der Waals surface area contributed by atoms with Gasteiger partial charge in [-0.05, 0) is 80.6 Å². The summed E-state index contributed by atoms with van der Waals surface area (Å²) >= 11 is 0. The zero-order chi connectivity index (χ0) is 17.0. The molecule has 0 N–H and O–H groups in total. The van der Waals surface area contributed by atoms with E-state index in [0.29, 0.717) is 5.41 Å². The molecule has 23 heavy (non-hydrogen) atoms. The molecule has 0 aromatic heterocycles. The summed E-state index contributed by atoms with van der Waals surface area (Å²) in [6.07, 6.45) is 15.6. The first-order chi connectivity index (χ1) is 10.8. The van der Waals surface area contributed by atoms with E-state index in [-0.39, 0.29) is 0 Å². The molecule has 0 aromatic carbocycles. The fourth-order valence-corrected chi connectivity index (χ4v) is 3.72. The second-order valence-corrected chi connectivity index (χ2v) is 7.64. The van der Waals surface area contributed by atoms with Crippen molar-refractivity contribution in [2.45, 2.75) is 66.7 Å². The predicted octanol–water partition coefficient (Wildman–Crippen LogP) is 6.25. The Kier molecular flexibility index (Phi) is 5.62. The standard InChI is InChI=1S/C22H30O/c1-16(8-10-19-11-12-20(15-23)18(19)3)9-13-21-17(2)7-6-14-22(21,4)5/h8-10,13,15H,6-7,11-12,14H2,1-5H3/b13-9+,16-8+,19-10+. The minimum absolute atomic E-state index is 0.293. The fraction of sp³-hybridized carbons (Fsp3) is 0.500. The largest absolute Gasteiger partial charge is 0.298 e. The lowest BCUT2D eigenvalue weighted by Crippen LogP contribution is -2.19. The molecule has 0 aromatic rings. The Morgan fingerprint density at radius 1 is 1.13 bits per heavy atom. The van der Waals surface area contributed by atoms with Gasteiger partial charge in [-0.2, -0.15) is 0 Å². The van der Waals surface area contributed by atoms with Crippen LogP contribution in [0.4, 0.5) is 0 Å².